The van der Waals surface area contributed by atoms with E-state index in [1.807, 2.05) is 0 Å². The molecule has 0 spiro atoms. The van der Waals surface area contributed by atoms with Crippen LogP contribution in [0.15, 0.2) is 16.2 Å². The highest BCUT2D eigenvalue weighted by molar-refractivity contribution is 9.11. The van der Waals surface area contributed by atoms with Gasteiger partial charge in [0.05, 0.1) is 21.9 Å². The van der Waals surface area contributed by atoms with Crippen molar-refractivity contribution in [2.75, 3.05) is 11.1 Å². The zero-order valence-corrected chi connectivity index (χ0v) is 10.7. The van der Waals surface area contributed by atoms with Crippen LogP contribution in [-0.4, -0.2) is 20.7 Å². The lowest BCUT2D eigenvalue weighted by atomic mass is 10.3. The number of rotatable bonds is 2. The van der Waals surface area contributed by atoms with Crippen LogP contribution in [0.5, 0.6) is 0 Å². The second-order valence-corrected chi connectivity index (χ2v) is 5.41. The summed E-state index contributed by atoms with van der Waals surface area (Å²) in [6.45, 7) is 0. The molecule has 16 heavy (non-hydrogen) atoms. The zero-order chi connectivity index (χ0) is 11.7. The first-order chi connectivity index (χ1) is 7.58. The van der Waals surface area contributed by atoms with Crippen LogP contribution in [0.4, 0.5) is 10.8 Å². The van der Waals surface area contributed by atoms with Gasteiger partial charge in [-0.05, 0) is 15.9 Å². The van der Waals surface area contributed by atoms with Crippen LogP contribution in [-0.2, 0) is 7.05 Å². The summed E-state index contributed by atoms with van der Waals surface area (Å²) in [6.07, 6.45) is 3.06. The summed E-state index contributed by atoms with van der Waals surface area (Å²) in [5.74, 6) is -0.320. The Kier molecular flexibility index (Phi) is 2.92. The number of thiazole rings is 1. The quantitative estimate of drug-likeness (QED) is 0.879. The van der Waals surface area contributed by atoms with Gasteiger partial charge in [0.25, 0.3) is 5.91 Å². The number of hydrogen-bond acceptors (Lipinski definition) is 5. The minimum atomic E-state index is -0.320. The molecule has 2 aromatic rings. The van der Waals surface area contributed by atoms with E-state index in [2.05, 4.69) is 31.3 Å². The molecule has 0 saturated carbocycles. The van der Waals surface area contributed by atoms with E-state index in [1.165, 1.54) is 22.2 Å². The molecule has 0 atom stereocenters. The van der Waals surface area contributed by atoms with Gasteiger partial charge in [0, 0.05) is 7.05 Å². The average molecular weight is 302 g/mol. The minimum Gasteiger partial charge on any atom is -0.396 e. The number of nitrogen functional groups attached to an aromatic ring is 1. The summed E-state index contributed by atoms with van der Waals surface area (Å²) in [4.78, 5) is 15.8. The molecular weight excluding hydrogens is 294 g/mol. The van der Waals surface area contributed by atoms with Crippen molar-refractivity contribution in [3.63, 3.8) is 0 Å². The molecule has 0 fully saturated rings. The van der Waals surface area contributed by atoms with Crippen LogP contribution in [0, 0.1) is 0 Å². The molecule has 8 heteroatoms. The Hall–Kier alpha value is -1.41. The molecule has 2 heterocycles. The first kappa shape index (κ1) is 11.1. The molecule has 84 valence electrons. The number of aryl methyl sites for hydroxylation is 1. The number of nitrogens with zero attached hydrogens (tertiary/aromatic N) is 3. The van der Waals surface area contributed by atoms with Gasteiger partial charge in [-0.15, -0.1) is 0 Å². The number of aromatic nitrogens is 3. The van der Waals surface area contributed by atoms with E-state index in [-0.39, 0.29) is 5.91 Å². The molecule has 0 aliphatic rings. The maximum absolute atomic E-state index is 11.8. The SMILES string of the molecule is Cn1ncc(N)c1C(=O)Nc1ncc(Br)s1. The fourth-order valence-corrected chi connectivity index (χ4v) is 2.30. The van der Waals surface area contributed by atoms with Gasteiger partial charge in [-0.2, -0.15) is 5.10 Å². The van der Waals surface area contributed by atoms with Gasteiger partial charge in [-0.1, -0.05) is 11.3 Å². The fourth-order valence-electron chi connectivity index (χ4n) is 1.20. The molecule has 2 rings (SSSR count). The van der Waals surface area contributed by atoms with E-state index in [9.17, 15) is 4.79 Å². The van der Waals surface area contributed by atoms with Crippen molar-refractivity contribution in [1.29, 1.82) is 0 Å². The van der Waals surface area contributed by atoms with Gasteiger partial charge >= 0.3 is 0 Å². The molecular formula is C8H8BrN5OS. The van der Waals surface area contributed by atoms with Crippen molar-refractivity contribution in [1.82, 2.24) is 14.8 Å². The van der Waals surface area contributed by atoms with Gasteiger partial charge in [0.1, 0.15) is 5.69 Å². The lowest BCUT2D eigenvalue weighted by molar-refractivity contribution is 0.101. The van der Waals surface area contributed by atoms with E-state index >= 15 is 0 Å². The van der Waals surface area contributed by atoms with Crippen molar-refractivity contribution >= 4 is 44.0 Å². The predicted octanol–water partition coefficient (Wildman–Crippen LogP) is 1.47. The zero-order valence-electron chi connectivity index (χ0n) is 8.27. The highest BCUT2D eigenvalue weighted by Crippen LogP contribution is 2.24. The Morgan fingerprint density at radius 1 is 1.62 bits per heavy atom. The maximum atomic E-state index is 11.8. The van der Waals surface area contributed by atoms with Gasteiger partial charge in [-0.3, -0.25) is 14.8 Å². The van der Waals surface area contributed by atoms with Gasteiger partial charge in [0.2, 0.25) is 0 Å². The molecule has 0 aromatic carbocycles. The number of hydrogen-bond donors (Lipinski definition) is 2. The van der Waals surface area contributed by atoms with E-state index in [0.29, 0.717) is 16.5 Å². The summed E-state index contributed by atoms with van der Waals surface area (Å²) in [5, 5.41) is 7.04. The molecule has 0 aliphatic carbocycles. The third-order valence-corrected chi connectivity index (χ3v) is 3.27. The van der Waals surface area contributed by atoms with Crippen molar-refractivity contribution in [3.8, 4) is 0 Å². The highest BCUT2D eigenvalue weighted by atomic mass is 79.9. The number of carbonyl (C=O) groups is 1. The Labute approximate surface area is 104 Å². The predicted molar refractivity (Wildman–Crippen MR) is 65.4 cm³/mol. The summed E-state index contributed by atoms with van der Waals surface area (Å²) < 4.78 is 2.27. The minimum absolute atomic E-state index is 0.320. The molecule has 3 N–H and O–H groups in total. The van der Waals surface area contributed by atoms with Crippen LogP contribution in [0.3, 0.4) is 0 Å². The molecule has 0 saturated heterocycles. The van der Waals surface area contributed by atoms with Gasteiger partial charge in [-0.25, -0.2) is 4.98 Å². The van der Waals surface area contributed by atoms with E-state index in [4.69, 9.17) is 5.73 Å². The normalized spacial score (nSPS) is 10.4. The lowest BCUT2D eigenvalue weighted by Gasteiger charge is -2.02. The summed E-state index contributed by atoms with van der Waals surface area (Å²) in [6, 6.07) is 0. The number of halogens is 1. The van der Waals surface area contributed by atoms with Crippen LogP contribution in [0.25, 0.3) is 0 Å². The summed E-state index contributed by atoms with van der Waals surface area (Å²) in [7, 11) is 1.66. The van der Waals surface area contributed by atoms with Crippen LogP contribution >= 0.6 is 27.3 Å². The fraction of sp³-hybridized carbons (Fsp3) is 0.125. The lowest BCUT2D eigenvalue weighted by Crippen LogP contribution is -2.17. The van der Waals surface area contributed by atoms with Crippen LogP contribution < -0.4 is 11.1 Å². The monoisotopic (exact) mass is 301 g/mol. The Morgan fingerprint density at radius 3 is 2.88 bits per heavy atom. The van der Waals surface area contributed by atoms with Crippen molar-refractivity contribution < 1.29 is 4.79 Å². The number of amides is 1. The Bertz CT molecular complexity index is 515. The van der Waals surface area contributed by atoms with E-state index < -0.39 is 0 Å². The number of nitrogens with one attached hydrogen (secondary N) is 1. The molecule has 0 aliphatic heterocycles. The Morgan fingerprint density at radius 2 is 2.38 bits per heavy atom. The molecule has 1 amide bonds. The van der Waals surface area contributed by atoms with E-state index in [1.54, 1.807) is 13.2 Å². The van der Waals surface area contributed by atoms with Gasteiger partial charge in [0.15, 0.2) is 5.13 Å². The van der Waals surface area contributed by atoms with Crippen molar-refractivity contribution in [3.05, 3.63) is 21.9 Å². The van der Waals surface area contributed by atoms with Crippen molar-refractivity contribution in [2.45, 2.75) is 0 Å². The highest BCUT2D eigenvalue weighted by Gasteiger charge is 2.16. The van der Waals surface area contributed by atoms with Crippen LogP contribution in [0.1, 0.15) is 10.5 Å². The molecule has 6 nitrogen and oxygen atoms in total. The summed E-state index contributed by atoms with van der Waals surface area (Å²) in [5.41, 5.74) is 6.30. The first-order valence-corrected chi connectivity index (χ1v) is 5.89. The number of anilines is 2. The second kappa shape index (κ2) is 4.22. The smallest absolute Gasteiger partial charge is 0.277 e. The number of carbonyl (C=O) groups excluding carboxylic acids is 1. The Balaban J connectivity index is 2.21. The standard InChI is InChI=1S/C8H8BrN5OS/c1-14-6(4(10)2-12-14)7(15)13-8-11-3-5(9)16-8/h2-3H,10H2,1H3,(H,11,13,15). The average Bonchev–Trinajstić information content (AvgIpc) is 2.74. The summed E-state index contributed by atoms with van der Waals surface area (Å²) >= 11 is 4.59. The van der Waals surface area contributed by atoms with E-state index in [0.717, 1.165) is 3.79 Å². The second-order valence-electron chi connectivity index (χ2n) is 3.00. The third kappa shape index (κ3) is 2.07. The molecule has 0 bridgehead atoms. The van der Waals surface area contributed by atoms with Gasteiger partial charge < -0.3 is 5.73 Å². The van der Waals surface area contributed by atoms with Crippen LogP contribution in [0.2, 0.25) is 0 Å². The molecule has 2 aromatic heterocycles. The largest absolute Gasteiger partial charge is 0.396 e. The maximum Gasteiger partial charge on any atom is 0.277 e. The van der Waals surface area contributed by atoms with Crippen molar-refractivity contribution in [2.24, 2.45) is 7.05 Å². The third-order valence-electron chi connectivity index (χ3n) is 1.88. The first-order valence-electron chi connectivity index (χ1n) is 4.28. The molecule has 0 unspecified atom stereocenters. The molecule has 0 radical (unpaired) electrons. The number of nitrogens with two attached hydrogens (primary N) is 1. The topological polar surface area (TPSA) is 85.8 Å².